The molecule has 0 N–H and O–H groups in total. The first-order valence-electron chi connectivity index (χ1n) is 9.27. The highest BCUT2D eigenvalue weighted by Gasteiger charge is 2.32. The first kappa shape index (κ1) is 19.1. The molecule has 0 radical (unpaired) electrons. The van der Waals surface area contributed by atoms with Crippen molar-refractivity contribution in [3.63, 3.8) is 0 Å². The van der Waals surface area contributed by atoms with Gasteiger partial charge in [-0.15, -0.1) is 0 Å². The molecule has 7 heteroatoms. The van der Waals surface area contributed by atoms with Crippen LogP contribution in [0.3, 0.4) is 0 Å². The third-order valence-corrected chi connectivity index (χ3v) is 6.11. The molecule has 5 nitrogen and oxygen atoms in total. The van der Waals surface area contributed by atoms with Gasteiger partial charge in [-0.1, -0.05) is 47.5 Å². The molecule has 2 amide bonds. The van der Waals surface area contributed by atoms with E-state index in [0.29, 0.717) is 49.8 Å². The van der Waals surface area contributed by atoms with Crippen LogP contribution in [0.5, 0.6) is 5.75 Å². The standard InChI is InChI=1S/C21H20Cl2N2O3/c22-17-6-3-5-16(19(17)23)21(27)25-10-8-24(9-11-25)20(26)15-12-14-4-1-2-7-18(14)28-13-15/h1-7,15H,8-13H2/t15-/m0/s1. The van der Waals surface area contributed by atoms with Crippen LogP contribution in [0.4, 0.5) is 0 Å². The van der Waals surface area contributed by atoms with Crippen LogP contribution in [0.15, 0.2) is 42.5 Å². The van der Waals surface area contributed by atoms with Crippen LogP contribution in [-0.2, 0) is 11.2 Å². The highest BCUT2D eigenvalue weighted by atomic mass is 35.5. The van der Waals surface area contributed by atoms with E-state index in [9.17, 15) is 9.59 Å². The molecule has 2 aromatic rings. The maximum atomic E-state index is 12.9. The van der Waals surface area contributed by atoms with Gasteiger partial charge in [0.05, 0.1) is 21.5 Å². The fourth-order valence-electron chi connectivity index (χ4n) is 3.71. The number of halogens is 2. The van der Waals surface area contributed by atoms with Crippen LogP contribution in [0.2, 0.25) is 10.0 Å². The second-order valence-corrected chi connectivity index (χ2v) is 7.82. The minimum Gasteiger partial charge on any atom is -0.492 e. The largest absolute Gasteiger partial charge is 0.492 e. The lowest BCUT2D eigenvalue weighted by atomic mass is 9.95. The smallest absolute Gasteiger partial charge is 0.255 e. The zero-order valence-electron chi connectivity index (χ0n) is 15.2. The monoisotopic (exact) mass is 418 g/mol. The molecule has 146 valence electrons. The van der Waals surface area contributed by atoms with Crippen molar-refractivity contribution in [1.82, 2.24) is 9.80 Å². The number of piperazine rings is 1. The van der Waals surface area contributed by atoms with Crippen molar-refractivity contribution in [2.75, 3.05) is 32.8 Å². The molecule has 1 atom stereocenters. The van der Waals surface area contributed by atoms with E-state index in [2.05, 4.69) is 0 Å². The van der Waals surface area contributed by atoms with Crippen molar-refractivity contribution in [1.29, 1.82) is 0 Å². The van der Waals surface area contributed by atoms with Gasteiger partial charge in [-0.2, -0.15) is 0 Å². The molecule has 0 aromatic heterocycles. The Balaban J connectivity index is 1.37. The zero-order chi connectivity index (χ0) is 19.7. The second-order valence-electron chi connectivity index (χ2n) is 7.04. The van der Waals surface area contributed by atoms with E-state index < -0.39 is 0 Å². The number of hydrogen-bond donors (Lipinski definition) is 0. The van der Waals surface area contributed by atoms with Crippen LogP contribution in [0.1, 0.15) is 15.9 Å². The van der Waals surface area contributed by atoms with Crippen LogP contribution >= 0.6 is 23.2 Å². The molecular weight excluding hydrogens is 399 g/mol. The number of para-hydroxylation sites is 1. The summed E-state index contributed by atoms with van der Waals surface area (Å²) in [7, 11) is 0. The van der Waals surface area contributed by atoms with Crippen LogP contribution in [0, 0.1) is 5.92 Å². The van der Waals surface area contributed by atoms with Gasteiger partial charge in [0, 0.05) is 26.2 Å². The quantitative estimate of drug-likeness (QED) is 0.749. The van der Waals surface area contributed by atoms with Gasteiger partial charge in [0.15, 0.2) is 0 Å². The maximum absolute atomic E-state index is 12.9. The van der Waals surface area contributed by atoms with Crippen LogP contribution in [0.25, 0.3) is 0 Å². The molecule has 4 rings (SSSR count). The number of benzene rings is 2. The predicted molar refractivity (Wildman–Crippen MR) is 108 cm³/mol. The van der Waals surface area contributed by atoms with E-state index in [-0.39, 0.29) is 22.8 Å². The summed E-state index contributed by atoms with van der Waals surface area (Å²) in [4.78, 5) is 29.2. The van der Waals surface area contributed by atoms with Crippen LogP contribution < -0.4 is 4.74 Å². The number of hydrogen-bond acceptors (Lipinski definition) is 3. The number of carbonyl (C=O) groups excluding carboxylic acids is 2. The summed E-state index contributed by atoms with van der Waals surface area (Å²) < 4.78 is 5.75. The summed E-state index contributed by atoms with van der Waals surface area (Å²) in [6, 6.07) is 12.9. The van der Waals surface area contributed by atoms with Crippen LogP contribution in [-0.4, -0.2) is 54.4 Å². The normalized spacial score (nSPS) is 19.0. The van der Waals surface area contributed by atoms with Crippen molar-refractivity contribution >= 4 is 35.0 Å². The number of fused-ring (bicyclic) bond motifs is 1. The van der Waals surface area contributed by atoms with Gasteiger partial charge in [-0.25, -0.2) is 0 Å². The zero-order valence-corrected chi connectivity index (χ0v) is 16.7. The molecule has 2 heterocycles. The van der Waals surface area contributed by atoms with Gasteiger partial charge in [0.2, 0.25) is 5.91 Å². The summed E-state index contributed by atoms with van der Waals surface area (Å²) in [6.07, 6.45) is 0.687. The summed E-state index contributed by atoms with van der Waals surface area (Å²) >= 11 is 12.2. The molecule has 28 heavy (non-hydrogen) atoms. The Hall–Kier alpha value is -2.24. The average Bonchev–Trinajstić information content (AvgIpc) is 2.74. The Morgan fingerprint density at radius 1 is 0.929 bits per heavy atom. The number of amides is 2. The second kappa shape index (κ2) is 8.02. The van der Waals surface area contributed by atoms with Gasteiger partial charge >= 0.3 is 0 Å². The molecule has 0 bridgehead atoms. The lowest BCUT2D eigenvalue weighted by molar-refractivity contribution is -0.138. The lowest BCUT2D eigenvalue weighted by Gasteiger charge is -2.37. The fraction of sp³-hybridized carbons (Fsp3) is 0.333. The summed E-state index contributed by atoms with van der Waals surface area (Å²) in [6.45, 7) is 2.34. The highest BCUT2D eigenvalue weighted by Crippen LogP contribution is 2.29. The molecule has 2 aromatic carbocycles. The van der Waals surface area contributed by atoms with Crippen molar-refractivity contribution in [3.05, 3.63) is 63.6 Å². The van der Waals surface area contributed by atoms with E-state index >= 15 is 0 Å². The Morgan fingerprint density at radius 3 is 2.43 bits per heavy atom. The van der Waals surface area contributed by atoms with E-state index in [1.165, 1.54) is 0 Å². The fourth-order valence-corrected chi connectivity index (χ4v) is 4.10. The topological polar surface area (TPSA) is 49.9 Å². The summed E-state index contributed by atoms with van der Waals surface area (Å²) in [5, 5.41) is 0.629. The van der Waals surface area contributed by atoms with Gasteiger partial charge in [-0.05, 0) is 30.2 Å². The Morgan fingerprint density at radius 2 is 1.64 bits per heavy atom. The number of ether oxygens (including phenoxy) is 1. The minimum atomic E-state index is -0.181. The van der Waals surface area contributed by atoms with E-state index in [4.69, 9.17) is 27.9 Å². The van der Waals surface area contributed by atoms with Crippen molar-refractivity contribution in [2.45, 2.75) is 6.42 Å². The van der Waals surface area contributed by atoms with E-state index in [0.717, 1.165) is 11.3 Å². The SMILES string of the molecule is O=C(c1cccc(Cl)c1Cl)N1CCN(C(=O)[C@@H]2COc3ccccc3C2)CC1. The highest BCUT2D eigenvalue weighted by molar-refractivity contribution is 6.43. The molecule has 1 fully saturated rings. The van der Waals surface area contributed by atoms with Gasteiger partial charge in [-0.3, -0.25) is 9.59 Å². The third-order valence-electron chi connectivity index (χ3n) is 5.29. The number of nitrogens with zero attached hydrogens (tertiary/aromatic N) is 2. The third kappa shape index (κ3) is 3.69. The maximum Gasteiger partial charge on any atom is 0.255 e. The van der Waals surface area contributed by atoms with Crippen molar-refractivity contribution in [2.24, 2.45) is 5.92 Å². The number of carbonyl (C=O) groups is 2. The van der Waals surface area contributed by atoms with Crippen molar-refractivity contribution < 1.29 is 14.3 Å². The molecule has 2 aliphatic heterocycles. The Labute approximate surface area is 173 Å². The molecule has 0 unspecified atom stereocenters. The predicted octanol–water partition coefficient (Wildman–Crippen LogP) is 3.53. The minimum absolute atomic E-state index is 0.0855. The Kier molecular flexibility index (Phi) is 5.47. The number of rotatable bonds is 2. The molecule has 0 spiro atoms. The van der Waals surface area contributed by atoms with Gasteiger partial charge in [0.1, 0.15) is 12.4 Å². The molecule has 1 saturated heterocycles. The Bertz CT molecular complexity index is 910. The average molecular weight is 419 g/mol. The molecule has 0 saturated carbocycles. The first-order chi connectivity index (χ1) is 13.5. The molecule has 2 aliphatic rings. The summed E-state index contributed by atoms with van der Waals surface area (Å²) in [5.41, 5.74) is 1.46. The van der Waals surface area contributed by atoms with Crippen molar-refractivity contribution in [3.8, 4) is 5.75 Å². The van der Waals surface area contributed by atoms with E-state index in [1.807, 2.05) is 29.2 Å². The molecular formula is C21H20Cl2N2O3. The van der Waals surface area contributed by atoms with Gasteiger partial charge < -0.3 is 14.5 Å². The lowest BCUT2D eigenvalue weighted by Crippen LogP contribution is -2.53. The first-order valence-corrected chi connectivity index (χ1v) is 10.0. The van der Waals surface area contributed by atoms with Gasteiger partial charge in [0.25, 0.3) is 5.91 Å². The molecule has 0 aliphatic carbocycles. The van der Waals surface area contributed by atoms with E-state index in [1.54, 1.807) is 23.1 Å². The summed E-state index contributed by atoms with van der Waals surface area (Å²) in [5.74, 6) is 0.608.